The van der Waals surface area contributed by atoms with Crippen LogP contribution in [0.15, 0.2) is 11.8 Å². The normalized spacial score (nSPS) is 33.1. The lowest BCUT2D eigenvalue weighted by molar-refractivity contribution is -0.118. The molecule has 0 radical (unpaired) electrons. The molecule has 2 atom stereocenters. The molecule has 2 unspecified atom stereocenters. The topological polar surface area (TPSA) is 29.1 Å². The highest BCUT2D eigenvalue weighted by atomic mass is 16.1. The predicted molar refractivity (Wildman–Crippen MR) is 40.5 cm³/mol. The Hall–Kier alpha value is -0.790. The third kappa shape index (κ3) is 1.20. The van der Waals surface area contributed by atoms with Crippen LogP contribution in [0.2, 0.25) is 0 Å². The molecular formula is C8H13NO. The third-order valence-corrected chi connectivity index (χ3v) is 2.01. The Balaban J connectivity index is 2.79. The summed E-state index contributed by atoms with van der Waals surface area (Å²) in [6, 6.07) is 0.289. The van der Waals surface area contributed by atoms with Crippen LogP contribution in [0.4, 0.5) is 0 Å². The molecule has 0 aromatic heterocycles. The van der Waals surface area contributed by atoms with Crippen molar-refractivity contribution in [2.24, 2.45) is 5.92 Å². The van der Waals surface area contributed by atoms with E-state index in [9.17, 15) is 4.79 Å². The second-order valence-electron chi connectivity index (χ2n) is 2.95. The molecule has 2 heteroatoms. The van der Waals surface area contributed by atoms with Crippen LogP contribution in [0.25, 0.3) is 0 Å². The first kappa shape index (κ1) is 7.32. The molecule has 0 saturated carbocycles. The van der Waals surface area contributed by atoms with Crippen molar-refractivity contribution in [3.8, 4) is 0 Å². The summed E-state index contributed by atoms with van der Waals surface area (Å²) in [4.78, 5) is 11.1. The molecule has 2 nitrogen and oxygen atoms in total. The monoisotopic (exact) mass is 139 g/mol. The van der Waals surface area contributed by atoms with Gasteiger partial charge < -0.3 is 5.32 Å². The SMILES string of the molecule is CC1=CC(=O)C(C)C(C)N1. The maximum Gasteiger partial charge on any atom is 0.162 e. The Morgan fingerprint density at radius 1 is 1.50 bits per heavy atom. The van der Waals surface area contributed by atoms with Crippen molar-refractivity contribution in [2.75, 3.05) is 0 Å². The average molecular weight is 139 g/mol. The van der Waals surface area contributed by atoms with E-state index in [1.807, 2.05) is 20.8 Å². The summed E-state index contributed by atoms with van der Waals surface area (Å²) >= 11 is 0. The summed E-state index contributed by atoms with van der Waals surface area (Å²) in [5.41, 5.74) is 0.982. The molecule has 1 rings (SSSR count). The Morgan fingerprint density at radius 3 is 2.60 bits per heavy atom. The minimum Gasteiger partial charge on any atom is -0.385 e. The summed E-state index contributed by atoms with van der Waals surface area (Å²) in [5.74, 6) is 0.368. The minimum absolute atomic E-state index is 0.128. The fourth-order valence-corrected chi connectivity index (χ4v) is 1.12. The van der Waals surface area contributed by atoms with E-state index in [4.69, 9.17) is 0 Å². The van der Waals surface area contributed by atoms with Gasteiger partial charge in [0, 0.05) is 23.7 Å². The second kappa shape index (κ2) is 2.45. The number of carbonyl (C=O) groups is 1. The van der Waals surface area contributed by atoms with Gasteiger partial charge in [0.1, 0.15) is 0 Å². The number of hydrogen-bond donors (Lipinski definition) is 1. The smallest absolute Gasteiger partial charge is 0.162 e. The Bertz CT molecular complexity index is 184. The van der Waals surface area contributed by atoms with Gasteiger partial charge in [-0.15, -0.1) is 0 Å². The van der Waals surface area contributed by atoms with Crippen LogP contribution in [0, 0.1) is 5.92 Å². The zero-order valence-corrected chi connectivity index (χ0v) is 6.64. The predicted octanol–water partition coefficient (Wildman–Crippen LogP) is 1.09. The molecule has 0 bridgehead atoms. The van der Waals surface area contributed by atoms with Crippen molar-refractivity contribution in [2.45, 2.75) is 26.8 Å². The summed E-state index contributed by atoms with van der Waals surface area (Å²) in [7, 11) is 0. The number of hydrogen-bond acceptors (Lipinski definition) is 2. The lowest BCUT2D eigenvalue weighted by Gasteiger charge is -2.25. The molecule has 1 aliphatic heterocycles. The molecule has 10 heavy (non-hydrogen) atoms. The number of carbonyl (C=O) groups excluding carboxylic acids is 1. The van der Waals surface area contributed by atoms with E-state index in [0.717, 1.165) is 5.70 Å². The van der Waals surface area contributed by atoms with Gasteiger partial charge in [-0.05, 0) is 13.8 Å². The van der Waals surface area contributed by atoms with Crippen LogP contribution >= 0.6 is 0 Å². The van der Waals surface area contributed by atoms with Crippen molar-refractivity contribution < 1.29 is 4.79 Å². The van der Waals surface area contributed by atoms with Crippen LogP contribution in [0.1, 0.15) is 20.8 Å². The van der Waals surface area contributed by atoms with E-state index in [0.29, 0.717) is 0 Å². The highest BCUT2D eigenvalue weighted by Gasteiger charge is 2.22. The van der Waals surface area contributed by atoms with Crippen LogP contribution in [-0.4, -0.2) is 11.8 Å². The van der Waals surface area contributed by atoms with E-state index < -0.39 is 0 Å². The molecule has 0 saturated heterocycles. The van der Waals surface area contributed by atoms with Crippen molar-refractivity contribution in [3.05, 3.63) is 11.8 Å². The zero-order chi connectivity index (χ0) is 7.72. The van der Waals surface area contributed by atoms with E-state index in [1.54, 1.807) is 6.08 Å². The van der Waals surface area contributed by atoms with Gasteiger partial charge in [0.2, 0.25) is 0 Å². The first-order valence-electron chi connectivity index (χ1n) is 3.60. The van der Waals surface area contributed by atoms with Gasteiger partial charge in [0.25, 0.3) is 0 Å². The third-order valence-electron chi connectivity index (χ3n) is 2.01. The molecule has 0 aliphatic carbocycles. The maximum absolute atomic E-state index is 11.1. The fraction of sp³-hybridized carbons (Fsp3) is 0.625. The molecule has 0 aromatic carbocycles. The first-order valence-corrected chi connectivity index (χ1v) is 3.60. The van der Waals surface area contributed by atoms with E-state index in [-0.39, 0.29) is 17.7 Å². The molecule has 1 heterocycles. The van der Waals surface area contributed by atoms with E-state index in [1.165, 1.54) is 0 Å². The molecule has 0 amide bonds. The van der Waals surface area contributed by atoms with E-state index in [2.05, 4.69) is 5.32 Å². The molecule has 56 valence electrons. The summed E-state index contributed by atoms with van der Waals surface area (Å²) in [5, 5.41) is 3.20. The number of ketones is 1. The minimum atomic E-state index is 0.128. The number of rotatable bonds is 0. The summed E-state index contributed by atoms with van der Waals surface area (Å²) in [6.45, 7) is 5.89. The maximum atomic E-state index is 11.1. The van der Waals surface area contributed by atoms with Gasteiger partial charge in [-0.1, -0.05) is 6.92 Å². The van der Waals surface area contributed by atoms with Crippen LogP contribution in [0.5, 0.6) is 0 Å². The van der Waals surface area contributed by atoms with Gasteiger partial charge in [0.15, 0.2) is 5.78 Å². The zero-order valence-electron chi connectivity index (χ0n) is 6.64. The van der Waals surface area contributed by atoms with Crippen molar-refractivity contribution in [3.63, 3.8) is 0 Å². The van der Waals surface area contributed by atoms with Crippen molar-refractivity contribution >= 4 is 5.78 Å². The highest BCUT2D eigenvalue weighted by Crippen LogP contribution is 2.12. The summed E-state index contributed by atoms with van der Waals surface area (Å²) in [6.07, 6.45) is 1.67. The Labute approximate surface area is 61.3 Å². The van der Waals surface area contributed by atoms with Crippen LogP contribution in [-0.2, 0) is 4.79 Å². The molecular weight excluding hydrogens is 126 g/mol. The van der Waals surface area contributed by atoms with Crippen LogP contribution < -0.4 is 5.32 Å². The Kier molecular flexibility index (Phi) is 1.79. The van der Waals surface area contributed by atoms with E-state index >= 15 is 0 Å². The van der Waals surface area contributed by atoms with Crippen molar-refractivity contribution in [1.29, 1.82) is 0 Å². The fourth-order valence-electron chi connectivity index (χ4n) is 1.12. The van der Waals surface area contributed by atoms with Crippen LogP contribution in [0.3, 0.4) is 0 Å². The number of nitrogens with one attached hydrogen (secondary N) is 1. The highest BCUT2D eigenvalue weighted by molar-refractivity contribution is 5.93. The van der Waals surface area contributed by atoms with Gasteiger partial charge in [-0.2, -0.15) is 0 Å². The molecule has 0 fully saturated rings. The summed E-state index contributed by atoms with van der Waals surface area (Å²) < 4.78 is 0. The lowest BCUT2D eigenvalue weighted by atomic mass is 9.94. The molecule has 1 aliphatic rings. The second-order valence-corrected chi connectivity index (χ2v) is 2.95. The van der Waals surface area contributed by atoms with Gasteiger partial charge in [0.05, 0.1) is 0 Å². The molecule has 1 N–H and O–H groups in total. The van der Waals surface area contributed by atoms with Gasteiger partial charge >= 0.3 is 0 Å². The lowest BCUT2D eigenvalue weighted by Crippen LogP contribution is -2.38. The largest absolute Gasteiger partial charge is 0.385 e. The first-order chi connectivity index (χ1) is 4.61. The average Bonchev–Trinajstić information content (AvgIpc) is 1.82. The van der Waals surface area contributed by atoms with Crippen molar-refractivity contribution in [1.82, 2.24) is 5.32 Å². The number of allylic oxidation sites excluding steroid dienone is 2. The standard InChI is InChI=1S/C8H13NO/c1-5-4-8(10)6(2)7(3)9-5/h4,6-7,9H,1-3H3. The molecule has 0 aromatic rings. The quantitative estimate of drug-likeness (QED) is 0.544. The molecule has 0 spiro atoms. The Morgan fingerprint density at radius 2 is 2.10 bits per heavy atom. The van der Waals surface area contributed by atoms with Gasteiger partial charge in [-0.25, -0.2) is 0 Å². The van der Waals surface area contributed by atoms with Gasteiger partial charge in [-0.3, -0.25) is 4.79 Å².